The molecule has 0 aromatic heterocycles. The van der Waals surface area contributed by atoms with E-state index in [0.717, 1.165) is 16.7 Å². The summed E-state index contributed by atoms with van der Waals surface area (Å²) in [5.41, 5.74) is 2.73. The van der Waals surface area contributed by atoms with E-state index in [-0.39, 0.29) is 0 Å². The molecule has 0 saturated carbocycles. The smallest absolute Gasteiger partial charge is 0.191 e. The van der Waals surface area contributed by atoms with Crippen molar-refractivity contribution >= 4 is 15.8 Å². The molecule has 2 aromatic rings. The Labute approximate surface area is 173 Å². The van der Waals surface area contributed by atoms with Crippen molar-refractivity contribution in [1.82, 2.24) is 10.6 Å². The first kappa shape index (κ1) is 22.5. The number of sulfone groups is 1. The van der Waals surface area contributed by atoms with Gasteiger partial charge in [0.1, 0.15) is 0 Å². The minimum Gasteiger partial charge on any atom is -0.493 e. The number of guanidine groups is 1. The maximum absolute atomic E-state index is 11.7. The molecule has 0 aliphatic carbocycles. The van der Waals surface area contributed by atoms with E-state index in [2.05, 4.69) is 15.6 Å². The molecule has 29 heavy (non-hydrogen) atoms. The molecule has 7 nitrogen and oxygen atoms in total. The average Bonchev–Trinajstić information content (AvgIpc) is 2.68. The fourth-order valence-electron chi connectivity index (χ4n) is 2.93. The quantitative estimate of drug-likeness (QED) is 0.505. The highest BCUT2D eigenvalue weighted by Gasteiger charge is 2.11. The lowest BCUT2D eigenvalue weighted by Crippen LogP contribution is -2.36. The number of ether oxygens (including phenoxy) is 2. The lowest BCUT2D eigenvalue weighted by Gasteiger charge is -2.14. The molecule has 158 valence electrons. The summed E-state index contributed by atoms with van der Waals surface area (Å²) >= 11 is 0. The highest BCUT2D eigenvalue weighted by atomic mass is 32.2. The Morgan fingerprint density at radius 3 is 2.17 bits per heavy atom. The zero-order chi connectivity index (χ0) is 21.4. The van der Waals surface area contributed by atoms with Gasteiger partial charge in [-0.25, -0.2) is 8.42 Å². The Morgan fingerprint density at radius 2 is 1.66 bits per heavy atom. The Kier molecular flexibility index (Phi) is 7.90. The topological polar surface area (TPSA) is 89.0 Å². The number of nitrogens with zero attached hydrogens (tertiary/aromatic N) is 1. The number of rotatable bonds is 8. The van der Waals surface area contributed by atoms with Crippen molar-refractivity contribution in [3.8, 4) is 11.5 Å². The molecule has 2 rings (SSSR count). The van der Waals surface area contributed by atoms with Crippen molar-refractivity contribution in [3.63, 3.8) is 0 Å². The van der Waals surface area contributed by atoms with Crippen LogP contribution in [0.15, 0.2) is 46.3 Å². The predicted octanol–water partition coefficient (Wildman–Crippen LogP) is 2.67. The summed E-state index contributed by atoms with van der Waals surface area (Å²) in [5.74, 6) is 2.05. The Balaban J connectivity index is 1.97. The molecule has 0 unspecified atom stereocenters. The fraction of sp³-hybridized carbons (Fsp3) is 0.381. The summed E-state index contributed by atoms with van der Waals surface area (Å²) < 4.78 is 34.4. The largest absolute Gasteiger partial charge is 0.493 e. The van der Waals surface area contributed by atoms with Gasteiger partial charge in [-0.3, -0.25) is 4.99 Å². The second-order valence-corrected chi connectivity index (χ2v) is 8.55. The molecule has 0 aliphatic heterocycles. The summed E-state index contributed by atoms with van der Waals surface area (Å²) in [5, 5.41) is 6.49. The second kappa shape index (κ2) is 10.2. The summed E-state index contributed by atoms with van der Waals surface area (Å²) in [6, 6.07) is 11.1. The van der Waals surface area contributed by atoms with Crippen molar-refractivity contribution in [2.24, 2.45) is 4.99 Å². The number of hydrogen-bond acceptors (Lipinski definition) is 5. The number of aliphatic imine (C=N–C) groups is 1. The zero-order valence-electron chi connectivity index (χ0n) is 17.6. The normalized spacial score (nSPS) is 11.8. The minimum atomic E-state index is -3.21. The van der Waals surface area contributed by atoms with Gasteiger partial charge < -0.3 is 20.1 Å². The van der Waals surface area contributed by atoms with Crippen molar-refractivity contribution < 1.29 is 17.9 Å². The molecule has 0 atom stereocenters. The van der Waals surface area contributed by atoms with Gasteiger partial charge in [0.15, 0.2) is 27.3 Å². The Hall–Kier alpha value is -2.74. The van der Waals surface area contributed by atoms with Gasteiger partial charge in [0.2, 0.25) is 0 Å². The van der Waals surface area contributed by atoms with Gasteiger partial charge in [0.05, 0.1) is 18.6 Å². The van der Waals surface area contributed by atoms with Crippen LogP contribution in [-0.2, 0) is 22.9 Å². The van der Waals surface area contributed by atoms with Crippen LogP contribution < -0.4 is 20.1 Å². The zero-order valence-corrected chi connectivity index (χ0v) is 18.4. The molecule has 0 radical (unpaired) electrons. The van der Waals surface area contributed by atoms with E-state index in [9.17, 15) is 8.42 Å². The lowest BCUT2D eigenvalue weighted by atomic mass is 10.1. The van der Waals surface area contributed by atoms with E-state index in [1.807, 2.05) is 31.2 Å². The molecule has 2 N–H and O–H groups in total. The number of aryl methyl sites for hydroxylation is 1. The first-order chi connectivity index (χ1) is 13.8. The molecule has 8 heteroatoms. The molecule has 0 fully saturated rings. The standard InChI is InChI=1S/C21H29N3O4S/c1-6-28-18-9-7-17(12-19(18)27-4)14-24-21(22-3)23-13-16-8-10-20(15(2)11-16)29(5,25)26/h7-12H,6,13-14H2,1-5H3,(H2,22,23,24). The van der Waals surface area contributed by atoms with Crippen LogP contribution in [0.1, 0.15) is 23.6 Å². The molecule has 0 spiro atoms. The van der Waals surface area contributed by atoms with Gasteiger partial charge in [-0.15, -0.1) is 0 Å². The van der Waals surface area contributed by atoms with Crippen LogP contribution in [0.5, 0.6) is 11.5 Å². The van der Waals surface area contributed by atoms with E-state index in [1.54, 1.807) is 33.2 Å². The number of nitrogens with one attached hydrogen (secondary N) is 2. The first-order valence-corrected chi connectivity index (χ1v) is 11.2. The Bertz CT molecular complexity index is 972. The van der Waals surface area contributed by atoms with Gasteiger partial charge in [0, 0.05) is 26.4 Å². The van der Waals surface area contributed by atoms with Crippen LogP contribution in [0, 0.1) is 6.92 Å². The summed E-state index contributed by atoms with van der Waals surface area (Å²) in [6.07, 6.45) is 1.22. The van der Waals surface area contributed by atoms with Crippen molar-refractivity contribution in [3.05, 3.63) is 53.1 Å². The highest BCUT2D eigenvalue weighted by Crippen LogP contribution is 2.27. The molecule has 0 bridgehead atoms. The maximum Gasteiger partial charge on any atom is 0.191 e. The third-order valence-electron chi connectivity index (χ3n) is 4.31. The van der Waals surface area contributed by atoms with Crippen LogP contribution in [-0.4, -0.2) is 41.4 Å². The number of hydrogen-bond donors (Lipinski definition) is 2. The van der Waals surface area contributed by atoms with Gasteiger partial charge >= 0.3 is 0 Å². The Morgan fingerprint density at radius 1 is 1.03 bits per heavy atom. The van der Waals surface area contributed by atoms with Crippen molar-refractivity contribution in [2.45, 2.75) is 31.8 Å². The maximum atomic E-state index is 11.7. The monoisotopic (exact) mass is 419 g/mol. The van der Waals surface area contributed by atoms with Crippen LogP contribution in [0.3, 0.4) is 0 Å². The molecule has 0 saturated heterocycles. The molecule has 0 amide bonds. The number of methoxy groups -OCH3 is 1. The third-order valence-corrected chi connectivity index (χ3v) is 5.57. The molecule has 2 aromatic carbocycles. The summed E-state index contributed by atoms with van der Waals surface area (Å²) in [4.78, 5) is 4.58. The highest BCUT2D eigenvalue weighted by molar-refractivity contribution is 7.90. The summed E-state index contributed by atoms with van der Waals surface area (Å²) in [7, 11) is 0.104. The van der Waals surface area contributed by atoms with E-state index in [0.29, 0.717) is 42.1 Å². The van der Waals surface area contributed by atoms with Crippen LogP contribution in [0.4, 0.5) is 0 Å². The lowest BCUT2D eigenvalue weighted by molar-refractivity contribution is 0.310. The minimum absolute atomic E-state index is 0.355. The number of benzene rings is 2. The third kappa shape index (κ3) is 6.39. The van der Waals surface area contributed by atoms with Gasteiger partial charge in [-0.2, -0.15) is 0 Å². The van der Waals surface area contributed by atoms with E-state index in [4.69, 9.17) is 9.47 Å². The van der Waals surface area contributed by atoms with E-state index < -0.39 is 9.84 Å². The van der Waals surface area contributed by atoms with Crippen LogP contribution in [0.25, 0.3) is 0 Å². The van der Waals surface area contributed by atoms with Crippen molar-refractivity contribution in [1.29, 1.82) is 0 Å². The van der Waals surface area contributed by atoms with E-state index in [1.165, 1.54) is 6.26 Å². The second-order valence-electron chi connectivity index (χ2n) is 6.57. The predicted molar refractivity (Wildman–Crippen MR) is 115 cm³/mol. The van der Waals surface area contributed by atoms with Crippen LogP contribution >= 0.6 is 0 Å². The SMILES string of the molecule is CCOc1ccc(CNC(=NC)NCc2ccc(S(C)(=O)=O)c(C)c2)cc1OC. The molecular formula is C21H29N3O4S. The molecule has 0 aliphatic rings. The molecule has 0 heterocycles. The van der Waals surface area contributed by atoms with Gasteiger partial charge in [-0.05, 0) is 48.7 Å². The van der Waals surface area contributed by atoms with Gasteiger partial charge in [0.25, 0.3) is 0 Å². The van der Waals surface area contributed by atoms with Crippen molar-refractivity contribution in [2.75, 3.05) is 27.0 Å². The van der Waals surface area contributed by atoms with Crippen LogP contribution in [0.2, 0.25) is 0 Å². The summed E-state index contributed by atoms with van der Waals surface area (Å²) in [6.45, 7) is 5.40. The molecular weight excluding hydrogens is 390 g/mol. The first-order valence-electron chi connectivity index (χ1n) is 9.32. The van der Waals surface area contributed by atoms with E-state index >= 15 is 0 Å². The fourth-order valence-corrected chi connectivity index (χ4v) is 3.89. The van der Waals surface area contributed by atoms with Gasteiger partial charge in [-0.1, -0.05) is 18.2 Å². The average molecular weight is 420 g/mol.